The first-order chi connectivity index (χ1) is 8.06. The molecule has 1 fully saturated rings. The van der Waals surface area contributed by atoms with Crippen LogP contribution in [0.15, 0.2) is 22.7 Å². The van der Waals surface area contributed by atoms with Gasteiger partial charge in [-0.2, -0.15) is 0 Å². The molecule has 0 aliphatic heterocycles. The summed E-state index contributed by atoms with van der Waals surface area (Å²) in [4.78, 5) is 11.8. The highest BCUT2D eigenvalue weighted by molar-refractivity contribution is 9.10. The Labute approximate surface area is 110 Å². The molecule has 1 aliphatic rings. The van der Waals surface area contributed by atoms with Gasteiger partial charge in [-0.15, -0.1) is 0 Å². The Morgan fingerprint density at radius 3 is 2.82 bits per heavy atom. The van der Waals surface area contributed by atoms with E-state index >= 15 is 0 Å². The van der Waals surface area contributed by atoms with E-state index in [0.29, 0.717) is 6.04 Å². The molecular weight excluding hydrogens is 280 g/mol. The van der Waals surface area contributed by atoms with Gasteiger partial charge in [-0.1, -0.05) is 6.07 Å². The van der Waals surface area contributed by atoms with Crippen molar-refractivity contribution in [3.05, 3.63) is 28.2 Å². The number of benzene rings is 1. The van der Waals surface area contributed by atoms with Crippen molar-refractivity contribution >= 4 is 27.5 Å². The third-order valence-electron chi connectivity index (χ3n) is 2.81. The van der Waals surface area contributed by atoms with Gasteiger partial charge in [-0.3, -0.25) is 4.79 Å². The summed E-state index contributed by atoms with van der Waals surface area (Å²) in [6.07, 6.45) is 2.24. The predicted molar refractivity (Wildman–Crippen MR) is 73.1 cm³/mol. The molecule has 1 amide bonds. The van der Waals surface area contributed by atoms with Crippen molar-refractivity contribution in [1.82, 2.24) is 5.32 Å². The number of hydrogen-bond donors (Lipinski definition) is 2. The average Bonchev–Trinajstić information content (AvgIpc) is 3.07. The van der Waals surface area contributed by atoms with Crippen molar-refractivity contribution in [2.75, 3.05) is 5.32 Å². The number of aryl methyl sites for hydroxylation is 1. The van der Waals surface area contributed by atoms with Crippen LogP contribution in [0.4, 0.5) is 5.69 Å². The fourth-order valence-electron chi connectivity index (χ4n) is 1.60. The first kappa shape index (κ1) is 12.4. The summed E-state index contributed by atoms with van der Waals surface area (Å²) in [5.41, 5.74) is 2.13. The second kappa shape index (κ2) is 5.08. The number of nitrogens with one attached hydrogen (secondary N) is 2. The second-order valence-electron chi connectivity index (χ2n) is 4.63. The standard InChI is InChI=1S/C13H17BrN2O/c1-8-3-6-11(14)12(7-8)15-9(2)13(17)16-10-4-5-10/h3,6-7,9-10,15H,4-5H2,1-2H3,(H,16,17). The van der Waals surface area contributed by atoms with Gasteiger partial charge in [0.1, 0.15) is 6.04 Å². The maximum Gasteiger partial charge on any atom is 0.242 e. The lowest BCUT2D eigenvalue weighted by Crippen LogP contribution is -2.38. The minimum atomic E-state index is -0.214. The minimum Gasteiger partial charge on any atom is -0.373 e. The van der Waals surface area contributed by atoms with E-state index in [4.69, 9.17) is 0 Å². The Balaban J connectivity index is 1.98. The maximum atomic E-state index is 11.8. The summed E-state index contributed by atoms with van der Waals surface area (Å²) in [6.45, 7) is 3.92. The molecule has 92 valence electrons. The molecule has 0 aromatic heterocycles. The lowest BCUT2D eigenvalue weighted by Gasteiger charge is -2.16. The van der Waals surface area contributed by atoms with E-state index < -0.39 is 0 Å². The van der Waals surface area contributed by atoms with Gasteiger partial charge in [0.2, 0.25) is 5.91 Å². The molecular formula is C13H17BrN2O. The molecule has 4 heteroatoms. The highest BCUT2D eigenvalue weighted by atomic mass is 79.9. The van der Waals surface area contributed by atoms with Crippen LogP contribution < -0.4 is 10.6 Å². The molecule has 0 spiro atoms. The molecule has 1 aliphatic carbocycles. The normalized spacial score (nSPS) is 16.4. The van der Waals surface area contributed by atoms with Crippen molar-refractivity contribution in [3.8, 4) is 0 Å². The lowest BCUT2D eigenvalue weighted by molar-refractivity contribution is -0.121. The quantitative estimate of drug-likeness (QED) is 0.897. The lowest BCUT2D eigenvalue weighted by atomic mass is 10.2. The van der Waals surface area contributed by atoms with Crippen molar-refractivity contribution < 1.29 is 4.79 Å². The van der Waals surface area contributed by atoms with Gasteiger partial charge in [-0.05, 0) is 60.3 Å². The molecule has 1 unspecified atom stereocenters. The van der Waals surface area contributed by atoms with Crippen LogP contribution in [0.2, 0.25) is 0 Å². The van der Waals surface area contributed by atoms with Crippen LogP contribution in [0.1, 0.15) is 25.3 Å². The molecule has 0 radical (unpaired) electrons. The van der Waals surface area contributed by atoms with Crippen molar-refractivity contribution in [3.63, 3.8) is 0 Å². The fraction of sp³-hybridized carbons (Fsp3) is 0.462. The molecule has 0 heterocycles. The smallest absolute Gasteiger partial charge is 0.242 e. The molecule has 2 rings (SSSR count). The number of hydrogen-bond acceptors (Lipinski definition) is 2. The van der Waals surface area contributed by atoms with Crippen molar-refractivity contribution in [2.24, 2.45) is 0 Å². The molecule has 1 atom stereocenters. The van der Waals surface area contributed by atoms with Crippen LogP contribution in [0.5, 0.6) is 0 Å². The number of rotatable bonds is 4. The summed E-state index contributed by atoms with van der Waals surface area (Å²) in [5.74, 6) is 0.0703. The van der Waals surface area contributed by atoms with Crippen molar-refractivity contribution in [1.29, 1.82) is 0 Å². The van der Waals surface area contributed by atoms with Crippen LogP contribution in [-0.4, -0.2) is 18.0 Å². The van der Waals surface area contributed by atoms with Gasteiger partial charge in [0.15, 0.2) is 0 Å². The Kier molecular flexibility index (Phi) is 3.72. The summed E-state index contributed by atoms with van der Waals surface area (Å²) >= 11 is 3.48. The molecule has 1 aromatic rings. The number of amides is 1. The number of halogens is 1. The number of carbonyl (C=O) groups is 1. The summed E-state index contributed by atoms with van der Waals surface area (Å²) in [6, 6.07) is 6.25. The van der Waals surface area contributed by atoms with Gasteiger partial charge in [0.05, 0.1) is 0 Å². The van der Waals surface area contributed by atoms with Crippen LogP contribution in [0.3, 0.4) is 0 Å². The largest absolute Gasteiger partial charge is 0.373 e. The topological polar surface area (TPSA) is 41.1 Å². The molecule has 3 nitrogen and oxygen atoms in total. The highest BCUT2D eigenvalue weighted by Gasteiger charge is 2.25. The van der Waals surface area contributed by atoms with Gasteiger partial charge < -0.3 is 10.6 Å². The van der Waals surface area contributed by atoms with E-state index in [0.717, 1.165) is 23.0 Å². The average molecular weight is 297 g/mol. The Hall–Kier alpha value is -1.03. The summed E-state index contributed by atoms with van der Waals surface area (Å²) in [7, 11) is 0. The third kappa shape index (κ3) is 3.46. The SMILES string of the molecule is Cc1ccc(Br)c(NC(C)C(=O)NC2CC2)c1. The van der Waals surface area contributed by atoms with Crippen LogP contribution >= 0.6 is 15.9 Å². The van der Waals surface area contributed by atoms with Crippen LogP contribution in [0.25, 0.3) is 0 Å². The number of carbonyl (C=O) groups excluding carboxylic acids is 1. The maximum absolute atomic E-state index is 11.8. The molecule has 2 N–H and O–H groups in total. The van der Waals surface area contributed by atoms with E-state index in [1.807, 2.05) is 32.0 Å². The van der Waals surface area contributed by atoms with E-state index in [9.17, 15) is 4.79 Å². The zero-order valence-corrected chi connectivity index (χ0v) is 11.7. The van der Waals surface area contributed by atoms with E-state index in [1.54, 1.807) is 0 Å². The summed E-state index contributed by atoms with van der Waals surface area (Å²) in [5, 5.41) is 6.22. The Morgan fingerprint density at radius 1 is 1.47 bits per heavy atom. The van der Waals surface area contributed by atoms with Gasteiger partial charge >= 0.3 is 0 Å². The van der Waals surface area contributed by atoms with E-state index in [-0.39, 0.29) is 11.9 Å². The Morgan fingerprint density at radius 2 is 2.18 bits per heavy atom. The molecule has 17 heavy (non-hydrogen) atoms. The van der Waals surface area contributed by atoms with Crippen LogP contribution in [0, 0.1) is 6.92 Å². The van der Waals surface area contributed by atoms with Crippen LogP contribution in [-0.2, 0) is 4.79 Å². The zero-order chi connectivity index (χ0) is 12.4. The van der Waals surface area contributed by atoms with Gasteiger partial charge in [-0.25, -0.2) is 0 Å². The summed E-state index contributed by atoms with van der Waals surface area (Å²) < 4.78 is 0.981. The monoisotopic (exact) mass is 296 g/mol. The van der Waals surface area contributed by atoms with E-state index in [1.165, 1.54) is 5.56 Å². The Bertz CT molecular complexity index is 429. The zero-order valence-electron chi connectivity index (χ0n) is 10.1. The molecule has 1 saturated carbocycles. The van der Waals surface area contributed by atoms with Crippen molar-refractivity contribution in [2.45, 2.75) is 38.8 Å². The highest BCUT2D eigenvalue weighted by Crippen LogP contribution is 2.24. The predicted octanol–water partition coefficient (Wildman–Crippen LogP) is 2.84. The van der Waals surface area contributed by atoms with Gasteiger partial charge in [0, 0.05) is 16.2 Å². The van der Waals surface area contributed by atoms with Gasteiger partial charge in [0.25, 0.3) is 0 Å². The second-order valence-corrected chi connectivity index (χ2v) is 5.49. The molecule has 0 bridgehead atoms. The molecule has 1 aromatic carbocycles. The first-order valence-corrected chi connectivity index (χ1v) is 6.68. The molecule has 0 saturated heterocycles. The number of anilines is 1. The first-order valence-electron chi connectivity index (χ1n) is 5.89. The third-order valence-corrected chi connectivity index (χ3v) is 3.50. The van der Waals surface area contributed by atoms with E-state index in [2.05, 4.69) is 26.6 Å². The fourth-order valence-corrected chi connectivity index (χ4v) is 1.96. The minimum absolute atomic E-state index is 0.0703.